The Morgan fingerprint density at radius 2 is 1.73 bits per heavy atom. The van der Waals surface area contributed by atoms with Gasteiger partial charge in [0, 0.05) is 11.8 Å². The Hall–Kier alpha value is -0.530. The van der Waals surface area contributed by atoms with E-state index in [0.717, 1.165) is 12.3 Å². The first-order valence-corrected chi connectivity index (χ1v) is 9.36. The molecule has 0 aliphatic heterocycles. The smallest absolute Gasteiger partial charge is 0.312 e. The van der Waals surface area contributed by atoms with E-state index in [4.69, 9.17) is 4.74 Å². The summed E-state index contributed by atoms with van der Waals surface area (Å²) < 4.78 is 6.44. The van der Waals surface area contributed by atoms with E-state index in [1.165, 1.54) is 32.1 Å². The summed E-state index contributed by atoms with van der Waals surface area (Å²) in [6.07, 6.45) is 7.34. The molecule has 22 heavy (non-hydrogen) atoms. The highest BCUT2D eigenvalue weighted by Crippen LogP contribution is 2.66. The molecule has 4 aliphatic carbocycles. The Kier molecular flexibility index (Phi) is 3.70. The molecule has 0 saturated heterocycles. The number of esters is 1. The summed E-state index contributed by atoms with van der Waals surface area (Å²) in [5.41, 5.74) is -0.0397. The van der Waals surface area contributed by atoms with Crippen LogP contribution in [0.25, 0.3) is 0 Å². The summed E-state index contributed by atoms with van der Waals surface area (Å²) >= 11 is 0. The Bertz CT molecular complexity index is 446. The summed E-state index contributed by atoms with van der Waals surface area (Å²) in [5.74, 6) is 2.50. The van der Waals surface area contributed by atoms with Crippen LogP contribution >= 0.6 is 0 Å². The molecule has 0 aromatic rings. The van der Waals surface area contributed by atoms with Gasteiger partial charge in [-0.1, -0.05) is 27.7 Å². The van der Waals surface area contributed by atoms with Crippen LogP contribution in [0.1, 0.15) is 80.1 Å². The molecule has 4 fully saturated rings. The topological polar surface area (TPSA) is 26.3 Å². The van der Waals surface area contributed by atoms with Gasteiger partial charge in [-0.15, -0.1) is 0 Å². The zero-order chi connectivity index (χ0) is 16.3. The first kappa shape index (κ1) is 16.3. The van der Waals surface area contributed by atoms with Gasteiger partial charge in [0.15, 0.2) is 0 Å². The minimum atomic E-state index is -0.361. The van der Waals surface area contributed by atoms with Crippen LogP contribution < -0.4 is 0 Å². The Morgan fingerprint density at radius 1 is 1.18 bits per heavy atom. The molecule has 0 spiro atoms. The molecule has 0 amide bonds. The minimum Gasteiger partial charge on any atom is -0.458 e. The van der Waals surface area contributed by atoms with Crippen LogP contribution in [0.4, 0.5) is 0 Å². The van der Waals surface area contributed by atoms with Gasteiger partial charge in [0.25, 0.3) is 0 Å². The molecule has 4 aliphatic rings. The van der Waals surface area contributed by atoms with Crippen molar-refractivity contribution in [1.82, 2.24) is 0 Å². The second kappa shape index (κ2) is 4.98. The molecule has 4 bridgehead atoms. The zero-order valence-corrected chi connectivity index (χ0v) is 15.4. The third-order valence-corrected chi connectivity index (χ3v) is 7.38. The van der Waals surface area contributed by atoms with Gasteiger partial charge in [-0.2, -0.15) is 0 Å². The van der Waals surface area contributed by atoms with Crippen molar-refractivity contribution < 1.29 is 9.53 Å². The maximum Gasteiger partial charge on any atom is 0.312 e. The molecule has 0 heterocycles. The van der Waals surface area contributed by atoms with E-state index in [-0.39, 0.29) is 17.0 Å². The zero-order valence-electron chi connectivity index (χ0n) is 15.4. The lowest BCUT2D eigenvalue weighted by Crippen LogP contribution is -2.65. The van der Waals surface area contributed by atoms with Gasteiger partial charge in [-0.05, 0) is 69.6 Å². The standard InChI is InChI=1S/C20H34O2/c1-7-18(4,5)17(21)22-20(13(2)3)15-8-14-9-16(20)12-19(6,10-14)11-15/h13-16H,7-12H2,1-6H3. The largest absolute Gasteiger partial charge is 0.458 e. The summed E-state index contributed by atoms with van der Waals surface area (Å²) in [4.78, 5) is 12.9. The number of ether oxygens (including phenoxy) is 1. The van der Waals surface area contributed by atoms with Crippen molar-refractivity contribution in [3.05, 3.63) is 0 Å². The molecule has 0 radical (unpaired) electrons. The second-order valence-electron chi connectivity index (χ2n) is 9.79. The van der Waals surface area contributed by atoms with E-state index < -0.39 is 0 Å². The normalized spacial score (nSPS) is 43.7. The van der Waals surface area contributed by atoms with Crippen LogP contribution in [0.5, 0.6) is 0 Å². The van der Waals surface area contributed by atoms with Gasteiger partial charge in [0.05, 0.1) is 5.41 Å². The molecule has 0 aromatic heterocycles. The van der Waals surface area contributed by atoms with Crippen LogP contribution in [-0.4, -0.2) is 11.6 Å². The SMILES string of the molecule is CCC(C)(C)C(=O)OC1(C(C)C)C2CC3CC1CC(C)(C3)C2. The first-order chi connectivity index (χ1) is 10.1. The van der Waals surface area contributed by atoms with Crippen molar-refractivity contribution in [2.75, 3.05) is 0 Å². The average molecular weight is 306 g/mol. The third-order valence-electron chi connectivity index (χ3n) is 7.38. The molecule has 2 nitrogen and oxygen atoms in total. The highest BCUT2D eigenvalue weighted by Gasteiger charge is 2.64. The quantitative estimate of drug-likeness (QED) is 0.667. The number of carbonyl (C=O) groups is 1. The predicted molar refractivity (Wildman–Crippen MR) is 89.4 cm³/mol. The van der Waals surface area contributed by atoms with Crippen molar-refractivity contribution in [2.24, 2.45) is 34.5 Å². The van der Waals surface area contributed by atoms with Gasteiger partial charge in [-0.3, -0.25) is 4.79 Å². The molecule has 4 saturated carbocycles. The van der Waals surface area contributed by atoms with Gasteiger partial charge < -0.3 is 4.74 Å². The lowest BCUT2D eigenvalue weighted by molar-refractivity contribution is -0.244. The van der Waals surface area contributed by atoms with E-state index in [0.29, 0.717) is 23.2 Å². The Labute approximate surface area is 136 Å². The predicted octanol–water partition coefficient (Wildman–Crippen LogP) is 5.21. The number of carbonyl (C=O) groups excluding carboxylic acids is 1. The van der Waals surface area contributed by atoms with E-state index in [9.17, 15) is 4.79 Å². The molecule has 0 aromatic carbocycles. The van der Waals surface area contributed by atoms with Crippen LogP contribution in [0.3, 0.4) is 0 Å². The molecule has 126 valence electrons. The van der Waals surface area contributed by atoms with Gasteiger partial charge in [0.2, 0.25) is 0 Å². The lowest BCUT2D eigenvalue weighted by atomic mass is 9.43. The monoisotopic (exact) mass is 306 g/mol. The van der Waals surface area contributed by atoms with Crippen LogP contribution in [0.2, 0.25) is 0 Å². The average Bonchev–Trinajstić information content (AvgIpc) is 2.40. The van der Waals surface area contributed by atoms with E-state index >= 15 is 0 Å². The van der Waals surface area contributed by atoms with Crippen molar-refractivity contribution in [2.45, 2.75) is 85.7 Å². The van der Waals surface area contributed by atoms with E-state index in [2.05, 4.69) is 27.7 Å². The van der Waals surface area contributed by atoms with Crippen molar-refractivity contribution in [3.63, 3.8) is 0 Å². The third kappa shape index (κ3) is 2.24. The fourth-order valence-corrected chi connectivity index (χ4v) is 6.06. The molecule has 0 N–H and O–H groups in total. The number of hydrogen-bond donors (Lipinski definition) is 0. The van der Waals surface area contributed by atoms with Crippen molar-refractivity contribution in [1.29, 1.82) is 0 Å². The van der Waals surface area contributed by atoms with Gasteiger partial charge >= 0.3 is 5.97 Å². The lowest BCUT2D eigenvalue weighted by Gasteiger charge is -2.65. The van der Waals surface area contributed by atoms with Gasteiger partial charge in [-0.25, -0.2) is 0 Å². The summed E-state index contributed by atoms with van der Waals surface area (Å²) in [7, 11) is 0. The highest BCUT2D eigenvalue weighted by atomic mass is 16.6. The fourth-order valence-electron chi connectivity index (χ4n) is 6.06. The maximum atomic E-state index is 12.9. The van der Waals surface area contributed by atoms with Crippen LogP contribution in [-0.2, 0) is 9.53 Å². The number of hydrogen-bond acceptors (Lipinski definition) is 2. The van der Waals surface area contributed by atoms with Crippen molar-refractivity contribution in [3.8, 4) is 0 Å². The van der Waals surface area contributed by atoms with E-state index in [1.54, 1.807) is 0 Å². The maximum absolute atomic E-state index is 12.9. The summed E-state index contributed by atoms with van der Waals surface area (Å²) in [6.45, 7) is 13.2. The van der Waals surface area contributed by atoms with Crippen molar-refractivity contribution >= 4 is 5.97 Å². The molecular formula is C20H34O2. The minimum absolute atomic E-state index is 0.0290. The van der Waals surface area contributed by atoms with Crippen LogP contribution in [0, 0.1) is 34.5 Å². The number of rotatable bonds is 4. The Balaban J connectivity index is 1.92. The first-order valence-electron chi connectivity index (χ1n) is 9.36. The molecule has 2 atom stereocenters. The summed E-state index contributed by atoms with van der Waals surface area (Å²) in [5, 5.41) is 0. The second-order valence-corrected chi connectivity index (χ2v) is 9.79. The summed E-state index contributed by atoms with van der Waals surface area (Å²) in [6, 6.07) is 0. The Morgan fingerprint density at radius 3 is 2.14 bits per heavy atom. The fraction of sp³-hybridized carbons (Fsp3) is 0.950. The molecule has 4 rings (SSSR count). The van der Waals surface area contributed by atoms with Crippen LogP contribution in [0.15, 0.2) is 0 Å². The molecular weight excluding hydrogens is 272 g/mol. The molecule has 2 unspecified atom stereocenters. The highest BCUT2D eigenvalue weighted by molar-refractivity contribution is 5.76. The van der Waals surface area contributed by atoms with Gasteiger partial charge in [0.1, 0.15) is 5.60 Å². The molecule has 2 heteroatoms. The van der Waals surface area contributed by atoms with E-state index in [1.807, 2.05) is 13.8 Å².